The van der Waals surface area contributed by atoms with Crippen molar-refractivity contribution in [1.29, 1.82) is 0 Å². The molecule has 0 spiro atoms. The highest BCUT2D eigenvalue weighted by atomic mass is 35.5. The summed E-state index contributed by atoms with van der Waals surface area (Å²) < 4.78 is 13.3. The summed E-state index contributed by atoms with van der Waals surface area (Å²) in [6, 6.07) is 9.67. The molecule has 0 heterocycles. The summed E-state index contributed by atoms with van der Waals surface area (Å²) in [5.41, 5.74) is 1.73. The highest BCUT2D eigenvalue weighted by Gasteiger charge is 2.15. The number of halogens is 3. The van der Waals surface area contributed by atoms with Crippen LogP contribution < -0.4 is 0 Å². The Hall–Kier alpha value is -1.38. The van der Waals surface area contributed by atoms with Gasteiger partial charge in [0.25, 0.3) is 0 Å². The monoisotopic (exact) mass is 296 g/mol. The van der Waals surface area contributed by atoms with E-state index in [1.54, 1.807) is 18.2 Å². The molecule has 0 radical (unpaired) electrons. The van der Waals surface area contributed by atoms with Gasteiger partial charge in [-0.25, -0.2) is 4.39 Å². The minimum absolute atomic E-state index is 0.0142. The van der Waals surface area contributed by atoms with Gasteiger partial charge in [-0.05, 0) is 30.2 Å². The molecule has 2 aromatic rings. The molecule has 0 amide bonds. The average Bonchev–Trinajstić information content (AvgIpc) is 2.38. The zero-order valence-corrected chi connectivity index (χ0v) is 11.7. The SMILES string of the molecule is Cc1cccc(C(=O)Cc2cccc(F)c2Cl)c1Cl. The largest absolute Gasteiger partial charge is 0.294 e. The Morgan fingerprint density at radius 3 is 2.53 bits per heavy atom. The van der Waals surface area contributed by atoms with Gasteiger partial charge >= 0.3 is 0 Å². The van der Waals surface area contributed by atoms with Crippen molar-refractivity contribution in [3.05, 3.63) is 69.0 Å². The van der Waals surface area contributed by atoms with Crippen LogP contribution in [0.5, 0.6) is 0 Å². The molecule has 0 saturated carbocycles. The number of benzene rings is 2. The lowest BCUT2D eigenvalue weighted by atomic mass is 10.0. The van der Waals surface area contributed by atoms with Crippen LogP contribution in [0.3, 0.4) is 0 Å². The van der Waals surface area contributed by atoms with Gasteiger partial charge in [0.2, 0.25) is 0 Å². The number of ketones is 1. The molecule has 2 rings (SSSR count). The molecule has 0 saturated heterocycles. The molecular weight excluding hydrogens is 286 g/mol. The average molecular weight is 297 g/mol. The first kappa shape index (κ1) is 14.0. The first-order valence-electron chi connectivity index (χ1n) is 5.72. The molecule has 0 unspecified atom stereocenters. The van der Waals surface area contributed by atoms with Gasteiger partial charge in [0.1, 0.15) is 5.82 Å². The Morgan fingerprint density at radius 2 is 1.79 bits per heavy atom. The summed E-state index contributed by atoms with van der Waals surface area (Å²) >= 11 is 11.9. The first-order chi connectivity index (χ1) is 9.00. The van der Waals surface area contributed by atoms with Crippen molar-refractivity contribution in [2.45, 2.75) is 13.3 Å². The Labute approximate surface area is 121 Å². The summed E-state index contributed by atoms with van der Waals surface area (Å²) in [6.45, 7) is 1.83. The molecule has 2 aromatic carbocycles. The van der Waals surface area contributed by atoms with Crippen LogP contribution in [0, 0.1) is 12.7 Å². The number of aryl methyl sites for hydroxylation is 1. The second kappa shape index (κ2) is 5.72. The van der Waals surface area contributed by atoms with Crippen molar-refractivity contribution >= 4 is 29.0 Å². The van der Waals surface area contributed by atoms with Gasteiger partial charge in [-0.15, -0.1) is 0 Å². The molecule has 0 aromatic heterocycles. The minimum Gasteiger partial charge on any atom is -0.294 e. The van der Waals surface area contributed by atoms with Crippen LogP contribution in [0.1, 0.15) is 21.5 Å². The zero-order valence-electron chi connectivity index (χ0n) is 10.2. The van der Waals surface area contributed by atoms with Crippen LogP contribution in [-0.2, 0) is 6.42 Å². The van der Waals surface area contributed by atoms with E-state index < -0.39 is 5.82 Å². The van der Waals surface area contributed by atoms with Gasteiger partial charge < -0.3 is 0 Å². The maximum Gasteiger partial charge on any atom is 0.168 e. The van der Waals surface area contributed by atoms with E-state index in [4.69, 9.17) is 23.2 Å². The fourth-order valence-electron chi connectivity index (χ4n) is 1.82. The first-order valence-corrected chi connectivity index (χ1v) is 6.47. The summed E-state index contributed by atoms with van der Waals surface area (Å²) in [6.07, 6.45) is 0.0275. The van der Waals surface area contributed by atoms with Crippen LogP contribution in [0.4, 0.5) is 4.39 Å². The van der Waals surface area contributed by atoms with Crippen LogP contribution in [0.2, 0.25) is 10.0 Å². The molecular formula is C15H11Cl2FO. The Balaban J connectivity index is 2.31. The maximum atomic E-state index is 13.3. The molecule has 19 heavy (non-hydrogen) atoms. The van der Waals surface area contributed by atoms with Crippen molar-refractivity contribution in [3.8, 4) is 0 Å². The second-order valence-electron chi connectivity index (χ2n) is 4.25. The van der Waals surface area contributed by atoms with E-state index in [1.165, 1.54) is 12.1 Å². The van der Waals surface area contributed by atoms with Crippen LogP contribution in [0.25, 0.3) is 0 Å². The third-order valence-electron chi connectivity index (χ3n) is 2.87. The normalized spacial score (nSPS) is 10.5. The number of Topliss-reactive ketones (excluding diaryl/α,β-unsaturated/α-hetero) is 1. The highest BCUT2D eigenvalue weighted by Crippen LogP contribution is 2.25. The third kappa shape index (κ3) is 2.96. The van der Waals surface area contributed by atoms with E-state index in [0.29, 0.717) is 16.1 Å². The van der Waals surface area contributed by atoms with E-state index in [2.05, 4.69) is 0 Å². The van der Waals surface area contributed by atoms with Crippen LogP contribution in [0.15, 0.2) is 36.4 Å². The minimum atomic E-state index is -0.526. The molecule has 0 aliphatic rings. The molecule has 98 valence electrons. The second-order valence-corrected chi connectivity index (χ2v) is 5.01. The molecule has 0 N–H and O–H groups in total. The third-order valence-corrected chi connectivity index (χ3v) is 3.80. The molecule has 0 fully saturated rings. The summed E-state index contributed by atoms with van der Waals surface area (Å²) in [5.74, 6) is -0.705. The number of rotatable bonds is 3. The Bertz CT molecular complexity index is 638. The van der Waals surface area contributed by atoms with Gasteiger partial charge in [0.15, 0.2) is 5.78 Å². The number of carbonyl (C=O) groups is 1. The molecule has 4 heteroatoms. The van der Waals surface area contributed by atoms with Crippen LogP contribution in [-0.4, -0.2) is 5.78 Å². The molecule has 0 aliphatic heterocycles. The summed E-state index contributed by atoms with van der Waals surface area (Å²) in [7, 11) is 0. The van der Waals surface area contributed by atoms with Gasteiger partial charge in [-0.2, -0.15) is 0 Å². The zero-order chi connectivity index (χ0) is 14.0. The lowest BCUT2D eigenvalue weighted by Crippen LogP contribution is -2.06. The standard InChI is InChI=1S/C15H11Cl2FO/c1-9-4-2-6-11(14(9)16)13(19)8-10-5-3-7-12(18)15(10)17/h2-7H,8H2,1H3. The molecule has 0 bridgehead atoms. The summed E-state index contributed by atoms with van der Waals surface area (Å²) in [4.78, 5) is 12.2. The predicted molar refractivity (Wildman–Crippen MR) is 75.6 cm³/mol. The number of carbonyl (C=O) groups excluding carboxylic acids is 1. The van der Waals surface area contributed by atoms with Gasteiger partial charge in [-0.3, -0.25) is 4.79 Å². The van der Waals surface area contributed by atoms with Crippen molar-refractivity contribution in [1.82, 2.24) is 0 Å². The topological polar surface area (TPSA) is 17.1 Å². The maximum absolute atomic E-state index is 13.3. The van der Waals surface area contributed by atoms with Crippen molar-refractivity contribution in [2.75, 3.05) is 0 Å². The van der Waals surface area contributed by atoms with Crippen molar-refractivity contribution in [3.63, 3.8) is 0 Å². The van der Waals surface area contributed by atoms with Crippen molar-refractivity contribution < 1.29 is 9.18 Å². The van der Waals surface area contributed by atoms with Crippen molar-refractivity contribution in [2.24, 2.45) is 0 Å². The molecule has 0 aliphatic carbocycles. The molecule has 0 atom stereocenters. The van der Waals surface area contributed by atoms with Gasteiger partial charge in [-0.1, -0.05) is 47.5 Å². The highest BCUT2D eigenvalue weighted by molar-refractivity contribution is 6.35. The Kier molecular flexibility index (Phi) is 4.23. The van der Waals surface area contributed by atoms with E-state index in [0.717, 1.165) is 5.56 Å². The molecule has 1 nitrogen and oxygen atoms in total. The predicted octanol–water partition coefficient (Wildman–Crippen LogP) is 4.87. The van der Waals surface area contributed by atoms with E-state index >= 15 is 0 Å². The van der Waals surface area contributed by atoms with E-state index in [-0.39, 0.29) is 17.2 Å². The lowest BCUT2D eigenvalue weighted by molar-refractivity contribution is 0.0993. The van der Waals surface area contributed by atoms with E-state index in [9.17, 15) is 9.18 Å². The van der Waals surface area contributed by atoms with E-state index in [1.807, 2.05) is 13.0 Å². The summed E-state index contributed by atoms with van der Waals surface area (Å²) in [5, 5.41) is 0.416. The fourth-order valence-corrected chi connectivity index (χ4v) is 2.24. The Morgan fingerprint density at radius 1 is 1.11 bits per heavy atom. The fraction of sp³-hybridized carbons (Fsp3) is 0.133. The van der Waals surface area contributed by atoms with Gasteiger partial charge in [0.05, 0.1) is 10.0 Å². The smallest absolute Gasteiger partial charge is 0.168 e. The van der Waals surface area contributed by atoms with Gasteiger partial charge in [0, 0.05) is 12.0 Å². The number of hydrogen-bond acceptors (Lipinski definition) is 1. The quantitative estimate of drug-likeness (QED) is 0.739. The van der Waals surface area contributed by atoms with Crippen LogP contribution >= 0.6 is 23.2 Å². The lowest BCUT2D eigenvalue weighted by Gasteiger charge is -2.07. The number of hydrogen-bond donors (Lipinski definition) is 0.